The van der Waals surface area contributed by atoms with Gasteiger partial charge in [-0.3, -0.25) is 4.79 Å². The maximum atomic E-state index is 13.4. The van der Waals surface area contributed by atoms with Gasteiger partial charge in [0.1, 0.15) is 17.6 Å². The average molecular weight is 492 g/mol. The van der Waals surface area contributed by atoms with Crippen LogP contribution < -0.4 is 15.5 Å². The molecule has 2 N–H and O–H groups in total. The number of aromatic nitrogens is 3. The Morgan fingerprint density at radius 1 is 1.06 bits per heavy atom. The Morgan fingerprint density at radius 2 is 1.79 bits per heavy atom. The fourth-order valence-electron chi connectivity index (χ4n) is 3.71. The number of hydrogen-bond donors (Lipinski definition) is 2. The van der Waals surface area contributed by atoms with Crippen molar-refractivity contribution in [2.24, 2.45) is 0 Å². The predicted molar refractivity (Wildman–Crippen MR) is 134 cm³/mol. The zero-order valence-corrected chi connectivity index (χ0v) is 19.9. The van der Waals surface area contributed by atoms with Crippen LogP contribution in [0.3, 0.4) is 0 Å². The summed E-state index contributed by atoms with van der Waals surface area (Å²) in [4.78, 5) is 13.4. The lowest BCUT2D eigenvalue weighted by atomic mass is 10.0. The van der Waals surface area contributed by atoms with Gasteiger partial charge in [-0.2, -0.15) is 0 Å². The molecule has 0 saturated carbocycles. The summed E-state index contributed by atoms with van der Waals surface area (Å²) in [7, 11) is 0. The van der Waals surface area contributed by atoms with Crippen molar-refractivity contribution >= 4 is 35.0 Å². The second-order valence-corrected chi connectivity index (χ2v) is 9.31. The first kappa shape index (κ1) is 22.3. The fourth-order valence-corrected chi connectivity index (χ4v) is 4.99. The number of halogens is 1. The predicted octanol–water partition coefficient (Wildman–Crippen LogP) is 5.22. The minimum Gasteiger partial charge on any atom is -0.486 e. The molecule has 1 aliphatic heterocycles. The summed E-state index contributed by atoms with van der Waals surface area (Å²) in [6.07, 6.45) is 0. The van der Waals surface area contributed by atoms with E-state index in [4.69, 9.17) is 16.3 Å². The number of anilines is 1. The van der Waals surface area contributed by atoms with E-state index in [-0.39, 0.29) is 18.6 Å². The molecule has 0 spiro atoms. The van der Waals surface area contributed by atoms with Crippen LogP contribution in [0.2, 0.25) is 5.02 Å². The number of benzene rings is 3. The van der Waals surface area contributed by atoms with Crippen molar-refractivity contribution in [3.63, 3.8) is 0 Å². The van der Waals surface area contributed by atoms with Crippen LogP contribution in [0.25, 0.3) is 0 Å². The van der Waals surface area contributed by atoms with Crippen LogP contribution in [0, 0.1) is 6.92 Å². The molecule has 4 aromatic rings. The van der Waals surface area contributed by atoms with E-state index < -0.39 is 5.25 Å². The molecule has 0 unspecified atom stereocenters. The number of ether oxygens (including phenoxy) is 1. The van der Waals surface area contributed by atoms with E-state index in [1.165, 1.54) is 11.8 Å². The number of hydrogen-bond acceptors (Lipinski definition) is 6. The summed E-state index contributed by atoms with van der Waals surface area (Å²) in [6.45, 7) is 2.12. The molecule has 0 radical (unpaired) electrons. The molecule has 0 aliphatic carbocycles. The number of carbonyl (C=O) groups is 1. The van der Waals surface area contributed by atoms with E-state index in [1.807, 2.05) is 79.7 Å². The Balaban J connectivity index is 1.42. The summed E-state index contributed by atoms with van der Waals surface area (Å²) < 4.78 is 7.68. The summed E-state index contributed by atoms with van der Waals surface area (Å²) in [6, 6.07) is 24.6. The third-order valence-electron chi connectivity index (χ3n) is 5.56. The molecule has 2 heterocycles. The molecule has 5 rings (SSSR count). The Morgan fingerprint density at radius 3 is 2.56 bits per heavy atom. The Labute approximate surface area is 206 Å². The van der Waals surface area contributed by atoms with Crippen LogP contribution in [0.5, 0.6) is 5.75 Å². The number of fused-ring (bicyclic) bond motifs is 1. The van der Waals surface area contributed by atoms with Crippen molar-refractivity contribution in [1.82, 2.24) is 14.9 Å². The van der Waals surface area contributed by atoms with Gasteiger partial charge in [-0.1, -0.05) is 78.0 Å². The van der Waals surface area contributed by atoms with Crippen molar-refractivity contribution in [1.29, 1.82) is 0 Å². The highest BCUT2D eigenvalue weighted by atomic mass is 35.5. The van der Waals surface area contributed by atoms with Gasteiger partial charge in [0.05, 0.1) is 6.04 Å². The van der Waals surface area contributed by atoms with Crippen molar-refractivity contribution < 1.29 is 9.53 Å². The quantitative estimate of drug-likeness (QED) is 0.385. The van der Waals surface area contributed by atoms with Gasteiger partial charge < -0.3 is 15.5 Å². The van der Waals surface area contributed by atoms with Crippen LogP contribution in [-0.4, -0.2) is 26.0 Å². The maximum absolute atomic E-state index is 13.4. The first-order valence-electron chi connectivity index (χ1n) is 10.8. The zero-order chi connectivity index (χ0) is 23.5. The molecular weight excluding hydrogens is 470 g/mol. The van der Waals surface area contributed by atoms with Gasteiger partial charge in [0, 0.05) is 10.7 Å². The van der Waals surface area contributed by atoms with Gasteiger partial charge in [0.25, 0.3) is 0 Å². The lowest BCUT2D eigenvalue weighted by Crippen LogP contribution is -2.41. The molecule has 2 atom stereocenters. The third-order valence-corrected chi connectivity index (χ3v) is 7.18. The molecule has 172 valence electrons. The summed E-state index contributed by atoms with van der Waals surface area (Å²) in [5.74, 6) is 1.22. The van der Waals surface area contributed by atoms with Gasteiger partial charge in [-0.15, -0.1) is 10.2 Å². The number of rotatable bonds is 6. The molecule has 7 nitrogen and oxygen atoms in total. The van der Waals surface area contributed by atoms with E-state index in [1.54, 1.807) is 10.7 Å². The average Bonchev–Trinajstić information content (AvgIpc) is 3.28. The van der Waals surface area contributed by atoms with Crippen molar-refractivity contribution in [2.45, 2.75) is 30.0 Å². The second-order valence-electron chi connectivity index (χ2n) is 7.79. The number of thioether (sulfide) groups is 1. The summed E-state index contributed by atoms with van der Waals surface area (Å²) >= 11 is 7.62. The SMILES string of the molecule is Cc1c(Cl)cccc1NC(=O)[C@H]1Sc2nnc(COc3ccccc3)n2N[C@@H]1c1ccccc1. The van der Waals surface area contributed by atoms with Gasteiger partial charge in [0.2, 0.25) is 11.1 Å². The largest absolute Gasteiger partial charge is 0.486 e. The van der Waals surface area contributed by atoms with Crippen LogP contribution in [0.15, 0.2) is 84.0 Å². The Kier molecular flexibility index (Phi) is 6.42. The fraction of sp³-hybridized carbons (Fsp3) is 0.160. The van der Waals surface area contributed by atoms with Crippen LogP contribution in [0.4, 0.5) is 5.69 Å². The summed E-state index contributed by atoms with van der Waals surface area (Å²) in [5, 5.41) is 12.4. The van der Waals surface area contributed by atoms with E-state index in [9.17, 15) is 4.79 Å². The molecule has 34 heavy (non-hydrogen) atoms. The van der Waals surface area contributed by atoms with Crippen molar-refractivity contribution in [3.8, 4) is 5.75 Å². The van der Waals surface area contributed by atoms with E-state index in [0.717, 1.165) is 16.9 Å². The topological polar surface area (TPSA) is 81.1 Å². The number of nitrogens with zero attached hydrogens (tertiary/aromatic N) is 3. The van der Waals surface area contributed by atoms with Crippen LogP contribution in [-0.2, 0) is 11.4 Å². The number of para-hydroxylation sites is 1. The molecule has 1 aliphatic rings. The highest BCUT2D eigenvalue weighted by Crippen LogP contribution is 2.38. The minimum atomic E-state index is -0.486. The second kappa shape index (κ2) is 9.79. The minimum absolute atomic E-state index is 0.145. The first-order chi connectivity index (χ1) is 16.6. The molecule has 0 bridgehead atoms. The highest BCUT2D eigenvalue weighted by Gasteiger charge is 2.38. The van der Waals surface area contributed by atoms with E-state index >= 15 is 0 Å². The molecular formula is C25H22ClN5O2S. The third kappa shape index (κ3) is 4.60. The van der Waals surface area contributed by atoms with Crippen molar-refractivity contribution in [2.75, 3.05) is 10.7 Å². The smallest absolute Gasteiger partial charge is 0.240 e. The van der Waals surface area contributed by atoms with Crippen LogP contribution >= 0.6 is 23.4 Å². The zero-order valence-electron chi connectivity index (χ0n) is 18.3. The van der Waals surface area contributed by atoms with Gasteiger partial charge in [0.15, 0.2) is 5.82 Å². The monoisotopic (exact) mass is 491 g/mol. The molecule has 9 heteroatoms. The van der Waals surface area contributed by atoms with E-state index in [0.29, 0.717) is 21.7 Å². The normalized spacial score (nSPS) is 16.9. The molecule has 0 fully saturated rings. The van der Waals surface area contributed by atoms with Gasteiger partial charge >= 0.3 is 0 Å². The number of carbonyl (C=O) groups excluding carboxylic acids is 1. The molecule has 1 amide bonds. The van der Waals surface area contributed by atoms with E-state index in [2.05, 4.69) is 20.9 Å². The van der Waals surface area contributed by atoms with Gasteiger partial charge in [-0.25, -0.2) is 4.68 Å². The van der Waals surface area contributed by atoms with Crippen LogP contribution in [0.1, 0.15) is 23.0 Å². The number of nitrogens with one attached hydrogen (secondary N) is 2. The highest BCUT2D eigenvalue weighted by molar-refractivity contribution is 8.00. The maximum Gasteiger partial charge on any atom is 0.240 e. The standard InChI is InChI=1S/C25H22ClN5O2S/c1-16-19(26)13-8-14-20(16)27-24(32)23-22(17-9-4-2-5-10-17)30-31-21(28-29-25(31)34-23)15-33-18-11-6-3-7-12-18/h2-14,22-23,30H,15H2,1H3,(H,27,32)/t22-,23+/m1/s1. The van der Waals surface area contributed by atoms with Gasteiger partial charge in [-0.05, 0) is 42.3 Å². The van der Waals surface area contributed by atoms with Crippen molar-refractivity contribution in [3.05, 3.63) is 101 Å². The molecule has 0 saturated heterocycles. The molecule has 1 aromatic heterocycles. The lowest BCUT2D eigenvalue weighted by Gasteiger charge is -2.33. The number of amides is 1. The summed E-state index contributed by atoms with van der Waals surface area (Å²) in [5.41, 5.74) is 5.94. The first-order valence-corrected chi connectivity index (χ1v) is 12.0. The molecule has 3 aromatic carbocycles. The Hall–Kier alpha value is -3.49. The lowest BCUT2D eigenvalue weighted by molar-refractivity contribution is -0.116. The Bertz CT molecular complexity index is 1300.